The van der Waals surface area contributed by atoms with Gasteiger partial charge in [-0.15, -0.1) is 11.3 Å². The molecule has 0 aliphatic heterocycles. The SMILES string of the molecule is COC(=O)c1sccc1[C@@H]1C[C@H]1CN. The highest BCUT2D eigenvalue weighted by Gasteiger charge is 2.39. The molecule has 1 aliphatic carbocycles. The molecule has 0 amide bonds. The lowest BCUT2D eigenvalue weighted by molar-refractivity contribution is 0.0605. The predicted octanol–water partition coefficient (Wildman–Crippen LogP) is 1.60. The lowest BCUT2D eigenvalue weighted by Gasteiger charge is -2.00. The van der Waals surface area contributed by atoms with Gasteiger partial charge in [0, 0.05) is 0 Å². The molecule has 0 radical (unpaired) electrons. The summed E-state index contributed by atoms with van der Waals surface area (Å²) in [5.41, 5.74) is 6.70. The Labute approximate surface area is 86.9 Å². The van der Waals surface area contributed by atoms with Crippen LogP contribution in [0.2, 0.25) is 0 Å². The van der Waals surface area contributed by atoms with Gasteiger partial charge in [0.2, 0.25) is 0 Å². The van der Waals surface area contributed by atoms with Crippen molar-refractivity contribution in [2.24, 2.45) is 11.7 Å². The maximum atomic E-state index is 11.4. The lowest BCUT2D eigenvalue weighted by atomic mass is 10.1. The fourth-order valence-electron chi connectivity index (χ4n) is 1.76. The van der Waals surface area contributed by atoms with E-state index >= 15 is 0 Å². The van der Waals surface area contributed by atoms with Gasteiger partial charge in [0.1, 0.15) is 4.88 Å². The second kappa shape index (κ2) is 3.71. The third kappa shape index (κ3) is 1.55. The van der Waals surface area contributed by atoms with E-state index in [-0.39, 0.29) is 5.97 Å². The number of hydrogen-bond donors (Lipinski definition) is 1. The van der Waals surface area contributed by atoms with Gasteiger partial charge in [0.05, 0.1) is 7.11 Å². The summed E-state index contributed by atoms with van der Waals surface area (Å²) in [5.74, 6) is 0.825. The molecule has 1 aromatic rings. The van der Waals surface area contributed by atoms with Crippen LogP contribution in [0.5, 0.6) is 0 Å². The van der Waals surface area contributed by atoms with Crippen LogP contribution in [-0.4, -0.2) is 19.6 Å². The smallest absolute Gasteiger partial charge is 0.348 e. The van der Waals surface area contributed by atoms with Crippen LogP contribution in [0.25, 0.3) is 0 Å². The first-order valence-corrected chi connectivity index (χ1v) is 5.51. The van der Waals surface area contributed by atoms with Crippen molar-refractivity contribution in [2.45, 2.75) is 12.3 Å². The molecule has 0 aromatic carbocycles. The molecule has 2 atom stereocenters. The molecule has 3 nitrogen and oxygen atoms in total. The second-order valence-corrected chi connectivity index (χ2v) is 4.45. The van der Waals surface area contributed by atoms with Crippen LogP contribution in [0.4, 0.5) is 0 Å². The zero-order chi connectivity index (χ0) is 10.1. The van der Waals surface area contributed by atoms with Crippen LogP contribution in [0, 0.1) is 5.92 Å². The van der Waals surface area contributed by atoms with Crippen LogP contribution in [0.1, 0.15) is 27.6 Å². The Balaban J connectivity index is 2.19. The van der Waals surface area contributed by atoms with Crippen molar-refractivity contribution < 1.29 is 9.53 Å². The quantitative estimate of drug-likeness (QED) is 0.772. The van der Waals surface area contributed by atoms with Crippen molar-refractivity contribution in [1.82, 2.24) is 0 Å². The number of nitrogens with two attached hydrogens (primary N) is 1. The van der Waals surface area contributed by atoms with E-state index in [2.05, 4.69) is 0 Å². The van der Waals surface area contributed by atoms with Crippen molar-refractivity contribution in [3.63, 3.8) is 0 Å². The van der Waals surface area contributed by atoms with Gasteiger partial charge in [-0.3, -0.25) is 0 Å². The van der Waals surface area contributed by atoms with Gasteiger partial charge < -0.3 is 10.5 Å². The molecule has 76 valence electrons. The molecule has 2 N–H and O–H groups in total. The number of ether oxygens (including phenoxy) is 1. The lowest BCUT2D eigenvalue weighted by Crippen LogP contribution is -2.04. The largest absolute Gasteiger partial charge is 0.465 e. The third-order valence-corrected chi connectivity index (χ3v) is 3.60. The zero-order valence-electron chi connectivity index (χ0n) is 8.03. The molecule has 1 aliphatic rings. The fraction of sp³-hybridized carbons (Fsp3) is 0.500. The molecule has 0 bridgehead atoms. The fourth-order valence-corrected chi connectivity index (χ4v) is 2.64. The highest BCUT2D eigenvalue weighted by molar-refractivity contribution is 7.12. The molecule has 1 aromatic heterocycles. The first kappa shape index (κ1) is 9.68. The summed E-state index contributed by atoms with van der Waals surface area (Å²) in [5, 5.41) is 1.94. The maximum absolute atomic E-state index is 11.4. The Morgan fingerprint density at radius 3 is 3.14 bits per heavy atom. The first-order valence-electron chi connectivity index (χ1n) is 4.63. The monoisotopic (exact) mass is 211 g/mol. The van der Waals surface area contributed by atoms with Gasteiger partial charge in [0.15, 0.2) is 0 Å². The summed E-state index contributed by atoms with van der Waals surface area (Å²) in [4.78, 5) is 12.1. The van der Waals surface area contributed by atoms with E-state index in [1.54, 1.807) is 0 Å². The highest BCUT2D eigenvalue weighted by atomic mass is 32.1. The third-order valence-electron chi connectivity index (χ3n) is 2.69. The van der Waals surface area contributed by atoms with E-state index in [1.807, 2.05) is 11.4 Å². The Bertz CT molecular complexity index is 348. The van der Waals surface area contributed by atoms with Crippen molar-refractivity contribution in [2.75, 3.05) is 13.7 Å². The van der Waals surface area contributed by atoms with E-state index < -0.39 is 0 Å². The molecule has 0 unspecified atom stereocenters. The van der Waals surface area contributed by atoms with Gasteiger partial charge >= 0.3 is 5.97 Å². The van der Waals surface area contributed by atoms with Crippen molar-refractivity contribution in [3.8, 4) is 0 Å². The maximum Gasteiger partial charge on any atom is 0.348 e. The molecule has 4 heteroatoms. The van der Waals surface area contributed by atoms with Gasteiger partial charge in [0.25, 0.3) is 0 Å². The van der Waals surface area contributed by atoms with E-state index in [1.165, 1.54) is 18.4 Å². The molecule has 2 rings (SSSR count). The number of esters is 1. The summed E-state index contributed by atoms with van der Waals surface area (Å²) < 4.78 is 4.72. The zero-order valence-corrected chi connectivity index (χ0v) is 8.84. The van der Waals surface area contributed by atoms with E-state index in [0.717, 1.165) is 16.9 Å². The Hall–Kier alpha value is -0.870. The van der Waals surface area contributed by atoms with E-state index in [0.29, 0.717) is 18.4 Å². The number of methoxy groups -OCH3 is 1. The molecule has 1 heterocycles. The first-order chi connectivity index (χ1) is 6.77. The molecular formula is C10H13NO2S. The Morgan fingerprint density at radius 1 is 1.79 bits per heavy atom. The summed E-state index contributed by atoms with van der Waals surface area (Å²) in [6.07, 6.45) is 1.11. The highest BCUT2D eigenvalue weighted by Crippen LogP contribution is 2.48. The van der Waals surface area contributed by atoms with Crippen LogP contribution in [-0.2, 0) is 4.74 Å². The minimum Gasteiger partial charge on any atom is -0.465 e. The standard InChI is InChI=1S/C10H13NO2S/c1-13-10(12)9-7(2-3-14-9)8-4-6(8)5-11/h2-3,6,8H,4-5,11H2,1H3/t6-,8+/m0/s1. The van der Waals surface area contributed by atoms with Gasteiger partial charge in [-0.1, -0.05) is 0 Å². The average Bonchev–Trinajstić information content (AvgIpc) is 2.85. The molecule has 1 saturated carbocycles. The minimum absolute atomic E-state index is 0.224. The number of hydrogen-bond acceptors (Lipinski definition) is 4. The Kier molecular flexibility index (Phi) is 2.56. The van der Waals surface area contributed by atoms with Crippen LogP contribution in [0.3, 0.4) is 0 Å². The second-order valence-electron chi connectivity index (χ2n) is 3.53. The molecule has 14 heavy (non-hydrogen) atoms. The van der Waals surface area contributed by atoms with Crippen molar-refractivity contribution >= 4 is 17.3 Å². The van der Waals surface area contributed by atoms with Crippen molar-refractivity contribution in [1.29, 1.82) is 0 Å². The summed E-state index contributed by atoms with van der Waals surface area (Å²) in [6, 6.07) is 2.01. The molecule has 0 spiro atoms. The predicted molar refractivity (Wildman–Crippen MR) is 55.6 cm³/mol. The topological polar surface area (TPSA) is 52.3 Å². The molecule has 1 fully saturated rings. The van der Waals surface area contributed by atoms with Crippen LogP contribution >= 0.6 is 11.3 Å². The number of thiophene rings is 1. The molecular weight excluding hydrogens is 198 g/mol. The Morgan fingerprint density at radius 2 is 2.57 bits per heavy atom. The van der Waals surface area contributed by atoms with Gasteiger partial charge in [-0.05, 0) is 41.8 Å². The number of carbonyl (C=O) groups excluding carboxylic acids is 1. The summed E-state index contributed by atoms with van der Waals surface area (Å²) in [6.45, 7) is 0.709. The van der Waals surface area contributed by atoms with Gasteiger partial charge in [-0.25, -0.2) is 4.79 Å². The molecule has 0 saturated heterocycles. The number of rotatable bonds is 3. The van der Waals surface area contributed by atoms with Crippen LogP contribution < -0.4 is 5.73 Å². The normalized spacial score (nSPS) is 24.7. The van der Waals surface area contributed by atoms with Gasteiger partial charge in [-0.2, -0.15) is 0 Å². The summed E-state index contributed by atoms with van der Waals surface area (Å²) in [7, 11) is 1.42. The van der Waals surface area contributed by atoms with E-state index in [9.17, 15) is 4.79 Å². The average molecular weight is 211 g/mol. The van der Waals surface area contributed by atoms with Crippen LogP contribution in [0.15, 0.2) is 11.4 Å². The van der Waals surface area contributed by atoms with E-state index in [4.69, 9.17) is 10.5 Å². The minimum atomic E-state index is -0.224. The number of carbonyl (C=O) groups is 1. The van der Waals surface area contributed by atoms with Crippen molar-refractivity contribution in [3.05, 3.63) is 21.9 Å². The summed E-state index contributed by atoms with van der Waals surface area (Å²) >= 11 is 1.45.